The zero-order chi connectivity index (χ0) is 51.3. The van der Waals surface area contributed by atoms with E-state index in [2.05, 4.69) is 33.1 Å². The summed E-state index contributed by atoms with van der Waals surface area (Å²) in [6.07, 6.45) is 0. The third-order valence-electron chi connectivity index (χ3n) is 12.3. The van der Waals surface area contributed by atoms with E-state index in [1.54, 1.807) is 0 Å². The molecular weight excluding hydrogens is 705 g/mol. The third kappa shape index (κ3) is 3.38. The minimum Gasteiger partial charge on any atom is -0.309 e. The molecule has 0 atom stereocenters. The average Bonchev–Trinajstić information content (AvgIpc) is 4.27. The topological polar surface area (TPSA) is 18.7 Å². The molecule has 4 heteroatoms. The maximum Gasteiger partial charge on any atom is 0.0645 e. The highest BCUT2D eigenvalue weighted by atomic mass is 15.0. The van der Waals surface area contributed by atoms with E-state index in [0.29, 0.717) is 11.4 Å². The van der Waals surface area contributed by atoms with Crippen molar-refractivity contribution in [3.8, 4) is 11.4 Å². The van der Waals surface area contributed by atoms with Gasteiger partial charge in [0.2, 0.25) is 0 Å². The number of hydrogen-bond acceptors (Lipinski definition) is 0. The van der Waals surface area contributed by atoms with Crippen molar-refractivity contribution in [2.45, 2.75) is 0 Å². The first-order chi connectivity index (χ1) is 35.4. The molecule has 0 aliphatic carbocycles. The molecule has 15 aromatic rings. The van der Waals surface area contributed by atoms with E-state index in [4.69, 9.17) is 21.9 Å². The van der Waals surface area contributed by atoms with Gasteiger partial charge < -0.3 is 17.9 Å². The Morgan fingerprint density at radius 2 is 0.603 bits per heavy atom. The molecule has 0 fully saturated rings. The van der Waals surface area contributed by atoms with Gasteiger partial charge in [0.05, 0.1) is 77.1 Å². The van der Waals surface area contributed by atoms with Gasteiger partial charge in [-0.05, 0) is 60.6 Å². The van der Waals surface area contributed by atoms with Gasteiger partial charge in [-0.1, -0.05) is 121 Å². The first-order valence-corrected chi connectivity index (χ1v) is 18.8. The predicted octanol–water partition coefficient (Wildman–Crippen LogP) is 14.2. The van der Waals surface area contributed by atoms with Gasteiger partial charge in [-0.2, -0.15) is 0 Å². The quantitative estimate of drug-likeness (QED) is 0.168. The van der Waals surface area contributed by atoms with E-state index in [-0.39, 0.29) is 67.8 Å². The van der Waals surface area contributed by atoms with Crippen LogP contribution in [0.5, 0.6) is 0 Å². The summed E-state index contributed by atoms with van der Waals surface area (Å²) >= 11 is 0. The molecule has 0 aliphatic heterocycles. The summed E-state index contributed by atoms with van der Waals surface area (Å²) in [5.74, 6) is 0. The van der Waals surface area contributed by atoms with Crippen LogP contribution < -0.4 is 0 Å². The largest absolute Gasteiger partial charge is 0.309 e. The fourth-order valence-electron chi connectivity index (χ4n) is 10.1. The highest BCUT2D eigenvalue weighted by Crippen LogP contribution is 2.46. The number of nitrogens with zero attached hydrogens (tertiary/aromatic N) is 4. The van der Waals surface area contributed by atoms with Crippen molar-refractivity contribution >= 4 is 120 Å². The lowest BCUT2D eigenvalue weighted by Crippen LogP contribution is -1.94. The van der Waals surface area contributed by atoms with E-state index >= 15 is 0 Å². The molecule has 0 radical (unpaired) electrons. The molecule has 0 amide bonds. The Labute approximate surface area is 352 Å². The number of benzene rings is 9. The molecule has 4 nitrogen and oxygen atoms in total. The Morgan fingerprint density at radius 1 is 0.276 bits per heavy atom. The van der Waals surface area contributed by atoms with Crippen LogP contribution in [0.1, 0.15) is 21.9 Å². The van der Waals surface area contributed by atoms with E-state index in [1.807, 2.05) is 60.7 Å². The Hall–Kier alpha value is -7.82. The number of hydrogen-bond donors (Lipinski definition) is 0. The lowest BCUT2D eigenvalue weighted by molar-refractivity contribution is 1.18. The Morgan fingerprint density at radius 3 is 0.983 bits per heavy atom. The number of rotatable bonds is 2. The summed E-state index contributed by atoms with van der Waals surface area (Å²) in [6.45, 7) is 0. The fraction of sp³-hybridized carbons (Fsp3) is 0. The standard InChI is InChI=1S/C54H30N4/c1-5-19-45-33(11-1)34-12-2-6-20-46(34)55(45)31-23-25-37-39-15-9-17-41-43-30-52-44(29-51(43)57(53(39)41)49(37)27-31)42-18-10-16-40-38-26-24-32(28-50(38)58(52)54(40)42)56-47-21-7-3-13-35(47)36-14-4-8-22-48(36)56/h1-30H/i1D,2D,3D,4D,5D,6D,7D,8D,11D,12D,13D,14D,19D,20D,21D,22D. The van der Waals surface area contributed by atoms with Crippen LogP contribution in [0.15, 0.2) is 182 Å². The molecule has 0 unspecified atom stereocenters. The van der Waals surface area contributed by atoms with Gasteiger partial charge in [-0.15, -0.1) is 0 Å². The maximum absolute atomic E-state index is 9.12. The van der Waals surface area contributed by atoms with Crippen molar-refractivity contribution in [1.82, 2.24) is 17.9 Å². The van der Waals surface area contributed by atoms with Crippen LogP contribution in [0.3, 0.4) is 0 Å². The molecule has 6 aromatic heterocycles. The fourth-order valence-corrected chi connectivity index (χ4v) is 10.1. The molecule has 58 heavy (non-hydrogen) atoms. The van der Waals surface area contributed by atoms with Gasteiger partial charge in [-0.25, -0.2) is 0 Å². The van der Waals surface area contributed by atoms with E-state index in [1.165, 1.54) is 9.13 Å². The van der Waals surface area contributed by atoms with Crippen LogP contribution >= 0.6 is 0 Å². The summed E-state index contributed by atoms with van der Waals surface area (Å²) in [6, 6.07) is 20.6. The predicted molar refractivity (Wildman–Crippen MR) is 244 cm³/mol. The molecule has 9 aromatic carbocycles. The summed E-state index contributed by atoms with van der Waals surface area (Å²) < 4.78 is 148. The zero-order valence-corrected chi connectivity index (χ0v) is 29.9. The second-order valence-electron chi connectivity index (χ2n) is 14.9. The summed E-state index contributed by atoms with van der Waals surface area (Å²) in [5.41, 5.74) is 6.12. The molecule has 266 valence electrons. The van der Waals surface area contributed by atoms with E-state index < -0.39 is 72.5 Å². The monoisotopic (exact) mass is 750 g/mol. The minimum atomic E-state index is -0.511. The van der Waals surface area contributed by atoms with Gasteiger partial charge >= 0.3 is 0 Å². The van der Waals surface area contributed by atoms with Crippen molar-refractivity contribution in [1.29, 1.82) is 0 Å². The summed E-state index contributed by atoms with van der Waals surface area (Å²) in [4.78, 5) is 0. The van der Waals surface area contributed by atoms with Crippen molar-refractivity contribution in [3.63, 3.8) is 0 Å². The number of aromatic nitrogens is 4. The lowest BCUT2D eigenvalue weighted by Gasteiger charge is -2.09. The molecule has 0 aliphatic rings. The van der Waals surface area contributed by atoms with Gasteiger partial charge in [-0.3, -0.25) is 0 Å². The smallest absolute Gasteiger partial charge is 0.0645 e. The normalized spacial score (nSPS) is 16.7. The van der Waals surface area contributed by atoms with Crippen molar-refractivity contribution in [2.24, 2.45) is 0 Å². The molecule has 15 rings (SSSR count). The summed E-state index contributed by atoms with van der Waals surface area (Å²) in [7, 11) is 0. The van der Waals surface area contributed by atoms with Crippen molar-refractivity contribution in [3.05, 3.63) is 182 Å². The van der Waals surface area contributed by atoms with Gasteiger partial charge in [0.1, 0.15) is 0 Å². The Bertz CT molecular complexity index is 4740. The van der Waals surface area contributed by atoms with Crippen molar-refractivity contribution in [2.75, 3.05) is 0 Å². The molecule has 6 heterocycles. The highest BCUT2D eigenvalue weighted by Gasteiger charge is 2.24. The van der Waals surface area contributed by atoms with Crippen molar-refractivity contribution < 1.29 is 21.9 Å². The van der Waals surface area contributed by atoms with Gasteiger partial charge in [0, 0.05) is 76.0 Å². The van der Waals surface area contributed by atoms with E-state index in [0.717, 1.165) is 76.2 Å². The van der Waals surface area contributed by atoms with Crippen LogP contribution in [0, 0.1) is 0 Å². The average molecular weight is 751 g/mol. The lowest BCUT2D eigenvalue weighted by atomic mass is 10.0. The van der Waals surface area contributed by atoms with Gasteiger partial charge in [0.25, 0.3) is 0 Å². The SMILES string of the molecule is [2H]c1c([2H])c([2H])c2c(c1[2H])c1c([2H])c([2H])c([2H])c([2H])c1n2-c1ccc2c3cccc4c5cc6c(cc5n(c2c1)c34)c1cccc2c3ccc(-n4c5c([2H])c([2H])c([2H])c([2H])c5c5c([2H])c([2H])c([2H])c([2H])c54)cc3n6c21. The molecule has 0 N–H and O–H groups in total. The van der Waals surface area contributed by atoms with Crippen LogP contribution in [-0.2, 0) is 0 Å². The first kappa shape index (κ1) is 18.9. The first-order valence-electron chi connectivity index (χ1n) is 26.8. The highest BCUT2D eigenvalue weighted by molar-refractivity contribution is 6.29. The van der Waals surface area contributed by atoms with Gasteiger partial charge in [0.15, 0.2) is 0 Å². The second-order valence-corrected chi connectivity index (χ2v) is 14.9. The Kier molecular flexibility index (Phi) is 3.30. The molecular formula is C54H30N4. The minimum absolute atomic E-state index is 0.000299. The van der Waals surface area contributed by atoms with Crippen LogP contribution in [0.2, 0.25) is 0 Å². The zero-order valence-electron chi connectivity index (χ0n) is 45.9. The van der Waals surface area contributed by atoms with E-state index in [9.17, 15) is 0 Å². The number of fused-ring (bicyclic) bond motifs is 18. The second kappa shape index (κ2) is 10.1. The molecule has 0 saturated heterocycles. The molecule has 0 saturated carbocycles. The number of para-hydroxylation sites is 6. The maximum atomic E-state index is 9.12. The molecule has 0 bridgehead atoms. The van der Waals surface area contributed by atoms with Crippen LogP contribution in [-0.4, -0.2) is 17.9 Å². The van der Waals surface area contributed by atoms with Crippen LogP contribution in [0.4, 0.5) is 0 Å². The summed E-state index contributed by atoms with van der Waals surface area (Å²) in [5, 5.41) is 7.45. The Balaban J connectivity index is 1.04. The van der Waals surface area contributed by atoms with Crippen LogP contribution in [0.25, 0.3) is 131 Å². The molecule has 0 spiro atoms. The third-order valence-corrected chi connectivity index (χ3v) is 12.3.